The van der Waals surface area contributed by atoms with Crippen LogP contribution in [-0.4, -0.2) is 60.0 Å². The topological polar surface area (TPSA) is 71.0 Å². The molecule has 0 spiro atoms. The van der Waals surface area contributed by atoms with Gasteiger partial charge in [-0.2, -0.15) is 0 Å². The lowest BCUT2D eigenvalue weighted by molar-refractivity contribution is -0.158. The van der Waals surface area contributed by atoms with Gasteiger partial charge in [0.15, 0.2) is 0 Å². The Morgan fingerprint density at radius 2 is 1.97 bits per heavy atom. The molecule has 1 amide bonds. The SMILES string of the molecule is O=C(C[C@H]1CC[C@@H]2[C@H](COC[C@@H](O)CN2Cc2cccc(Cl)c2)O1)NCc1cccc(F)c1. The van der Waals surface area contributed by atoms with E-state index in [9.17, 15) is 14.3 Å². The average Bonchev–Trinajstić information content (AvgIpc) is 2.77. The van der Waals surface area contributed by atoms with Crippen molar-refractivity contribution in [1.29, 1.82) is 0 Å². The summed E-state index contributed by atoms with van der Waals surface area (Å²) in [5.74, 6) is -0.444. The van der Waals surface area contributed by atoms with E-state index in [1.165, 1.54) is 12.1 Å². The number of benzene rings is 2. The van der Waals surface area contributed by atoms with E-state index >= 15 is 0 Å². The molecule has 6 nitrogen and oxygen atoms in total. The Morgan fingerprint density at radius 3 is 2.79 bits per heavy atom. The number of β-amino-alcohol motifs (C(OH)–C–C–N with tert-alkyl or cyclic N) is 1. The van der Waals surface area contributed by atoms with Gasteiger partial charge in [0.05, 0.1) is 37.9 Å². The summed E-state index contributed by atoms with van der Waals surface area (Å²) in [6, 6.07) is 14.0. The molecule has 2 N–H and O–H groups in total. The Kier molecular flexibility index (Phi) is 8.33. The summed E-state index contributed by atoms with van der Waals surface area (Å²) in [7, 11) is 0. The average molecular weight is 477 g/mol. The second-order valence-electron chi connectivity index (χ2n) is 8.80. The summed E-state index contributed by atoms with van der Waals surface area (Å²) in [5, 5.41) is 13.9. The van der Waals surface area contributed by atoms with E-state index in [2.05, 4.69) is 10.2 Å². The molecule has 4 atom stereocenters. The van der Waals surface area contributed by atoms with Gasteiger partial charge in [0.25, 0.3) is 0 Å². The van der Waals surface area contributed by atoms with Crippen molar-refractivity contribution in [2.75, 3.05) is 19.8 Å². The number of halogens is 2. The lowest BCUT2D eigenvalue weighted by Gasteiger charge is -2.44. The number of aliphatic hydroxyl groups is 1. The molecule has 0 saturated carbocycles. The maximum absolute atomic E-state index is 13.3. The molecule has 8 heteroatoms. The predicted molar refractivity (Wildman–Crippen MR) is 123 cm³/mol. The predicted octanol–water partition coefficient (Wildman–Crippen LogP) is 3.29. The molecular weight excluding hydrogens is 447 g/mol. The lowest BCUT2D eigenvalue weighted by Crippen LogP contribution is -2.55. The van der Waals surface area contributed by atoms with Gasteiger partial charge in [-0.1, -0.05) is 35.9 Å². The highest BCUT2D eigenvalue weighted by atomic mass is 35.5. The monoisotopic (exact) mass is 476 g/mol. The fourth-order valence-electron chi connectivity index (χ4n) is 4.62. The van der Waals surface area contributed by atoms with Crippen LogP contribution in [0.5, 0.6) is 0 Å². The van der Waals surface area contributed by atoms with Crippen molar-refractivity contribution in [3.05, 3.63) is 70.5 Å². The van der Waals surface area contributed by atoms with Gasteiger partial charge in [-0.05, 0) is 48.2 Å². The highest BCUT2D eigenvalue weighted by Crippen LogP contribution is 2.29. The Bertz CT molecular complexity index is 946. The Hall–Kier alpha value is -2.03. The van der Waals surface area contributed by atoms with Crippen LogP contribution in [-0.2, 0) is 27.4 Å². The Balaban J connectivity index is 1.34. The van der Waals surface area contributed by atoms with Crippen molar-refractivity contribution in [3.63, 3.8) is 0 Å². The summed E-state index contributed by atoms with van der Waals surface area (Å²) in [5.41, 5.74) is 1.80. The molecule has 2 aliphatic rings. The molecule has 2 fully saturated rings. The fourth-order valence-corrected chi connectivity index (χ4v) is 4.84. The van der Waals surface area contributed by atoms with E-state index in [0.717, 1.165) is 24.0 Å². The number of ether oxygens (including phenoxy) is 2. The first-order valence-electron chi connectivity index (χ1n) is 11.4. The van der Waals surface area contributed by atoms with E-state index in [1.807, 2.05) is 24.3 Å². The number of aliphatic hydroxyl groups excluding tert-OH is 1. The van der Waals surface area contributed by atoms with E-state index in [0.29, 0.717) is 24.7 Å². The van der Waals surface area contributed by atoms with Crippen LogP contribution in [0.4, 0.5) is 4.39 Å². The molecule has 2 aromatic rings. The van der Waals surface area contributed by atoms with Crippen LogP contribution >= 0.6 is 11.6 Å². The number of carbonyl (C=O) groups is 1. The molecule has 33 heavy (non-hydrogen) atoms. The summed E-state index contributed by atoms with van der Waals surface area (Å²) >= 11 is 6.16. The first kappa shape index (κ1) is 24.1. The minimum Gasteiger partial charge on any atom is -0.389 e. The minimum atomic E-state index is -0.573. The number of amides is 1. The quantitative estimate of drug-likeness (QED) is 0.669. The maximum Gasteiger partial charge on any atom is 0.222 e. The highest BCUT2D eigenvalue weighted by Gasteiger charge is 2.38. The van der Waals surface area contributed by atoms with Crippen molar-refractivity contribution in [1.82, 2.24) is 10.2 Å². The number of rotatable bonds is 6. The molecule has 2 aromatic carbocycles. The zero-order valence-corrected chi connectivity index (χ0v) is 19.2. The van der Waals surface area contributed by atoms with E-state index in [-0.39, 0.29) is 49.5 Å². The largest absolute Gasteiger partial charge is 0.389 e. The zero-order chi connectivity index (χ0) is 23.2. The van der Waals surface area contributed by atoms with E-state index in [1.54, 1.807) is 12.1 Å². The van der Waals surface area contributed by atoms with Gasteiger partial charge < -0.3 is 19.9 Å². The van der Waals surface area contributed by atoms with Gasteiger partial charge in [-0.25, -0.2) is 4.39 Å². The van der Waals surface area contributed by atoms with Gasteiger partial charge in [0.2, 0.25) is 5.91 Å². The fraction of sp³-hybridized carbons (Fsp3) is 0.480. The second kappa shape index (κ2) is 11.4. The van der Waals surface area contributed by atoms with Crippen molar-refractivity contribution in [2.45, 2.75) is 56.7 Å². The van der Waals surface area contributed by atoms with Gasteiger partial charge in [-0.15, -0.1) is 0 Å². The molecule has 4 rings (SSSR count). The van der Waals surface area contributed by atoms with Crippen LogP contribution in [0.25, 0.3) is 0 Å². The number of nitrogens with zero attached hydrogens (tertiary/aromatic N) is 1. The van der Waals surface area contributed by atoms with Crippen molar-refractivity contribution < 1.29 is 23.8 Å². The zero-order valence-electron chi connectivity index (χ0n) is 18.5. The summed E-state index contributed by atoms with van der Waals surface area (Å²) in [4.78, 5) is 14.7. The lowest BCUT2D eigenvalue weighted by atomic mass is 9.94. The molecule has 0 radical (unpaired) electrons. The molecule has 2 saturated heterocycles. The first-order chi connectivity index (χ1) is 16.0. The molecule has 0 bridgehead atoms. The van der Waals surface area contributed by atoms with Gasteiger partial charge in [-0.3, -0.25) is 9.69 Å². The molecule has 0 unspecified atom stereocenters. The van der Waals surface area contributed by atoms with Crippen molar-refractivity contribution in [2.24, 2.45) is 0 Å². The maximum atomic E-state index is 13.3. The van der Waals surface area contributed by atoms with Crippen LogP contribution < -0.4 is 5.32 Å². The van der Waals surface area contributed by atoms with Crippen LogP contribution in [0, 0.1) is 5.82 Å². The van der Waals surface area contributed by atoms with Crippen LogP contribution in [0.2, 0.25) is 5.02 Å². The molecule has 178 valence electrons. The van der Waals surface area contributed by atoms with Crippen molar-refractivity contribution >= 4 is 17.5 Å². The van der Waals surface area contributed by atoms with E-state index in [4.69, 9.17) is 21.1 Å². The molecule has 0 aromatic heterocycles. The Labute approximate surface area is 198 Å². The summed E-state index contributed by atoms with van der Waals surface area (Å²) < 4.78 is 25.3. The van der Waals surface area contributed by atoms with Crippen LogP contribution in [0.1, 0.15) is 30.4 Å². The van der Waals surface area contributed by atoms with Gasteiger partial charge in [0.1, 0.15) is 5.82 Å². The number of fused-ring (bicyclic) bond motifs is 1. The Morgan fingerprint density at radius 1 is 1.15 bits per heavy atom. The second-order valence-corrected chi connectivity index (χ2v) is 9.24. The smallest absolute Gasteiger partial charge is 0.222 e. The van der Waals surface area contributed by atoms with E-state index < -0.39 is 6.10 Å². The third-order valence-electron chi connectivity index (χ3n) is 6.15. The third-order valence-corrected chi connectivity index (χ3v) is 6.39. The standard InChI is InChI=1S/C25H30ClFN2O4/c26-19-5-1-4-18(9-19)13-29-14-21(30)15-32-16-24-23(29)8-7-22(33-24)11-25(31)28-12-17-3-2-6-20(27)10-17/h1-6,9-10,21-24,30H,7-8,11-16H2,(H,28,31)/t21-,22+,23+,24-/m0/s1. The van der Waals surface area contributed by atoms with Gasteiger partial charge >= 0.3 is 0 Å². The summed E-state index contributed by atoms with van der Waals surface area (Å²) in [6.07, 6.45) is 0.845. The number of carbonyl (C=O) groups excluding carboxylic acids is 1. The molecular formula is C25H30ClFN2O4. The molecule has 2 heterocycles. The number of hydrogen-bond acceptors (Lipinski definition) is 5. The van der Waals surface area contributed by atoms with Crippen molar-refractivity contribution in [3.8, 4) is 0 Å². The van der Waals surface area contributed by atoms with Crippen LogP contribution in [0.3, 0.4) is 0 Å². The number of hydrogen-bond donors (Lipinski definition) is 2. The first-order valence-corrected chi connectivity index (χ1v) is 11.7. The normalized spacial score (nSPS) is 26.2. The van der Waals surface area contributed by atoms with Crippen LogP contribution in [0.15, 0.2) is 48.5 Å². The third kappa shape index (κ3) is 6.98. The highest BCUT2D eigenvalue weighted by molar-refractivity contribution is 6.30. The van der Waals surface area contributed by atoms with Gasteiger partial charge in [0, 0.05) is 30.7 Å². The molecule has 0 aliphatic carbocycles. The number of nitrogens with one attached hydrogen (secondary N) is 1. The summed E-state index contributed by atoms with van der Waals surface area (Å²) in [6.45, 7) is 2.03. The minimum absolute atomic E-state index is 0.0746. The molecule has 2 aliphatic heterocycles.